The van der Waals surface area contributed by atoms with Crippen LogP contribution in [0, 0.1) is 6.92 Å². The van der Waals surface area contributed by atoms with Gasteiger partial charge in [0, 0.05) is 36.5 Å². The van der Waals surface area contributed by atoms with E-state index < -0.39 is 0 Å². The molecule has 0 spiro atoms. The lowest BCUT2D eigenvalue weighted by Crippen LogP contribution is -2.24. The van der Waals surface area contributed by atoms with Crippen LogP contribution in [0.25, 0.3) is 11.0 Å². The maximum absolute atomic E-state index is 4.77. The van der Waals surface area contributed by atoms with E-state index in [0.29, 0.717) is 11.9 Å². The van der Waals surface area contributed by atoms with Crippen molar-refractivity contribution in [1.82, 2.24) is 30.1 Å². The number of hydrogen-bond donors (Lipinski definition) is 3. The fourth-order valence-corrected chi connectivity index (χ4v) is 3.46. The Morgan fingerprint density at radius 2 is 2.07 bits per heavy atom. The average molecular weight is 388 g/mol. The maximum Gasteiger partial charge on any atom is 0.227 e. The van der Waals surface area contributed by atoms with Gasteiger partial charge in [0.1, 0.15) is 5.82 Å². The number of anilines is 3. The summed E-state index contributed by atoms with van der Waals surface area (Å²) in [6.07, 6.45) is 6.05. The van der Waals surface area contributed by atoms with Crippen LogP contribution in [0.2, 0.25) is 0 Å². The van der Waals surface area contributed by atoms with E-state index in [0.717, 1.165) is 28.2 Å². The SMILES string of the molecule is Cc1cnc(N(C)[C@@H](C)c2ccc3nc[nH]c3c2)nc1Nc1cc(C2CC2)[nH]n1. The van der Waals surface area contributed by atoms with E-state index in [1.165, 1.54) is 24.1 Å². The Bertz CT molecular complexity index is 1160. The quantitative estimate of drug-likeness (QED) is 0.458. The van der Waals surface area contributed by atoms with Crippen LogP contribution in [0.15, 0.2) is 36.8 Å². The summed E-state index contributed by atoms with van der Waals surface area (Å²) in [7, 11) is 2.01. The summed E-state index contributed by atoms with van der Waals surface area (Å²) in [6, 6.07) is 8.43. The van der Waals surface area contributed by atoms with Crippen molar-refractivity contribution in [2.24, 2.45) is 0 Å². The number of nitrogens with zero attached hydrogens (tertiary/aromatic N) is 5. The summed E-state index contributed by atoms with van der Waals surface area (Å²) in [5.74, 6) is 2.86. The van der Waals surface area contributed by atoms with Crippen LogP contribution in [0.5, 0.6) is 0 Å². The number of fused-ring (bicyclic) bond motifs is 1. The minimum absolute atomic E-state index is 0.102. The second kappa shape index (κ2) is 6.88. The highest BCUT2D eigenvalue weighted by Crippen LogP contribution is 2.39. The number of aromatic nitrogens is 6. The molecule has 0 saturated heterocycles. The molecular formula is C21H24N8. The molecule has 0 unspecified atom stereocenters. The van der Waals surface area contributed by atoms with Crippen molar-refractivity contribution < 1.29 is 0 Å². The van der Waals surface area contributed by atoms with Gasteiger partial charge in [-0.3, -0.25) is 5.10 Å². The van der Waals surface area contributed by atoms with Gasteiger partial charge in [0.25, 0.3) is 0 Å². The Balaban J connectivity index is 1.38. The lowest BCUT2D eigenvalue weighted by molar-refractivity contribution is 0.716. The number of aromatic amines is 2. The van der Waals surface area contributed by atoms with Crippen molar-refractivity contribution >= 4 is 28.6 Å². The second-order valence-electron chi connectivity index (χ2n) is 7.78. The van der Waals surface area contributed by atoms with Crippen molar-refractivity contribution in [3.05, 3.63) is 53.6 Å². The van der Waals surface area contributed by atoms with Crippen molar-refractivity contribution in [2.75, 3.05) is 17.3 Å². The van der Waals surface area contributed by atoms with Gasteiger partial charge < -0.3 is 15.2 Å². The summed E-state index contributed by atoms with van der Waals surface area (Å²) in [6.45, 7) is 4.14. The Hall–Kier alpha value is -3.42. The van der Waals surface area contributed by atoms with E-state index in [1.54, 1.807) is 6.33 Å². The molecule has 1 aliphatic rings. The molecule has 5 rings (SSSR count). The molecule has 1 fully saturated rings. The molecule has 3 N–H and O–H groups in total. The van der Waals surface area contributed by atoms with E-state index in [-0.39, 0.29) is 6.04 Å². The molecule has 3 heterocycles. The minimum atomic E-state index is 0.102. The van der Waals surface area contributed by atoms with Gasteiger partial charge in [-0.1, -0.05) is 6.07 Å². The van der Waals surface area contributed by atoms with Crippen LogP contribution in [0.4, 0.5) is 17.6 Å². The van der Waals surface area contributed by atoms with Crippen molar-refractivity contribution in [2.45, 2.75) is 38.6 Å². The zero-order chi connectivity index (χ0) is 20.0. The first kappa shape index (κ1) is 17.7. The van der Waals surface area contributed by atoms with Crippen LogP contribution >= 0.6 is 0 Å². The summed E-state index contributed by atoms with van der Waals surface area (Å²) in [5, 5.41) is 10.8. The highest BCUT2D eigenvalue weighted by Gasteiger charge is 2.25. The topological polar surface area (TPSA) is 98.4 Å². The van der Waals surface area contributed by atoms with E-state index in [2.05, 4.69) is 60.5 Å². The number of nitrogens with one attached hydrogen (secondary N) is 3. The van der Waals surface area contributed by atoms with E-state index in [1.807, 2.05) is 26.2 Å². The lowest BCUT2D eigenvalue weighted by atomic mass is 10.1. The second-order valence-corrected chi connectivity index (χ2v) is 7.78. The number of H-pyrrole nitrogens is 2. The lowest BCUT2D eigenvalue weighted by Gasteiger charge is -2.26. The first-order valence-electron chi connectivity index (χ1n) is 9.90. The van der Waals surface area contributed by atoms with E-state index in [9.17, 15) is 0 Å². The highest BCUT2D eigenvalue weighted by atomic mass is 15.3. The summed E-state index contributed by atoms with van der Waals surface area (Å²) >= 11 is 0. The van der Waals surface area contributed by atoms with Crippen LogP contribution in [-0.2, 0) is 0 Å². The van der Waals surface area contributed by atoms with E-state index >= 15 is 0 Å². The smallest absolute Gasteiger partial charge is 0.227 e. The Labute approximate surface area is 168 Å². The Morgan fingerprint density at radius 3 is 2.90 bits per heavy atom. The summed E-state index contributed by atoms with van der Waals surface area (Å²) in [5.41, 5.74) is 5.33. The van der Waals surface area contributed by atoms with Crippen molar-refractivity contribution in [3.8, 4) is 0 Å². The van der Waals surface area contributed by atoms with Crippen molar-refractivity contribution in [1.29, 1.82) is 0 Å². The normalized spacial score (nSPS) is 14.9. The third-order valence-electron chi connectivity index (χ3n) is 5.64. The summed E-state index contributed by atoms with van der Waals surface area (Å²) < 4.78 is 0. The van der Waals surface area contributed by atoms with Gasteiger partial charge in [-0.05, 0) is 44.4 Å². The van der Waals surface area contributed by atoms with Gasteiger partial charge in [0.2, 0.25) is 5.95 Å². The van der Waals surface area contributed by atoms with Crippen LogP contribution in [-0.4, -0.2) is 37.2 Å². The minimum Gasteiger partial charge on any atom is -0.345 e. The molecule has 1 atom stereocenters. The molecule has 29 heavy (non-hydrogen) atoms. The number of hydrogen-bond acceptors (Lipinski definition) is 6. The number of benzene rings is 1. The first-order valence-corrected chi connectivity index (χ1v) is 9.90. The molecule has 0 aliphatic heterocycles. The van der Waals surface area contributed by atoms with E-state index in [4.69, 9.17) is 4.98 Å². The zero-order valence-corrected chi connectivity index (χ0v) is 16.8. The maximum atomic E-state index is 4.77. The predicted molar refractivity (Wildman–Crippen MR) is 114 cm³/mol. The molecule has 1 aromatic carbocycles. The van der Waals surface area contributed by atoms with Gasteiger partial charge in [0.15, 0.2) is 5.82 Å². The average Bonchev–Trinajstić information content (AvgIpc) is 3.29. The van der Waals surface area contributed by atoms with Crippen LogP contribution in [0.1, 0.15) is 48.5 Å². The molecule has 4 aromatic rings. The summed E-state index contributed by atoms with van der Waals surface area (Å²) in [4.78, 5) is 18.8. The molecule has 0 radical (unpaired) electrons. The molecule has 8 nitrogen and oxygen atoms in total. The standard InChI is InChI=1S/C21H24N8/c1-12-10-22-21(26-20(12)25-19-9-17(27-28-19)14-4-5-14)29(3)13(2)15-6-7-16-18(8-15)24-11-23-16/h6-11,13-14H,4-5H2,1-3H3,(H,23,24)(H2,22,25,26,27,28)/t13-/m0/s1. The molecular weight excluding hydrogens is 364 g/mol. The van der Waals surface area contributed by atoms with Gasteiger partial charge in [-0.2, -0.15) is 10.1 Å². The van der Waals surface area contributed by atoms with Crippen molar-refractivity contribution in [3.63, 3.8) is 0 Å². The zero-order valence-electron chi connectivity index (χ0n) is 16.8. The molecule has 148 valence electrons. The fourth-order valence-electron chi connectivity index (χ4n) is 3.46. The Kier molecular flexibility index (Phi) is 4.19. The highest BCUT2D eigenvalue weighted by molar-refractivity contribution is 5.75. The number of aryl methyl sites for hydroxylation is 1. The fraction of sp³-hybridized carbons (Fsp3) is 0.333. The number of imidazole rings is 1. The van der Waals surface area contributed by atoms with Crippen LogP contribution < -0.4 is 10.2 Å². The van der Waals surface area contributed by atoms with Crippen LogP contribution in [0.3, 0.4) is 0 Å². The predicted octanol–water partition coefficient (Wildman–Crippen LogP) is 4.20. The third kappa shape index (κ3) is 3.41. The number of rotatable bonds is 6. The Morgan fingerprint density at radius 1 is 1.21 bits per heavy atom. The molecule has 1 saturated carbocycles. The van der Waals surface area contributed by atoms with Gasteiger partial charge >= 0.3 is 0 Å². The monoisotopic (exact) mass is 388 g/mol. The van der Waals surface area contributed by atoms with Gasteiger partial charge in [-0.15, -0.1) is 0 Å². The molecule has 3 aromatic heterocycles. The van der Waals surface area contributed by atoms with Gasteiger partial charge in [0.05, 0.1) is 23.4 Å². The van der Waals surface area contributed by atoms with Gasteiger partial charge in [-0.25, -0.2) is 9.97 Å². The third-order valence-corrected chi connectivity index (χ3v) is 5.64. The first-order chi connectivity index (χ1) is 14.1. The molecule has 8 heteroatoms. The molecule has 1 aliphatic carbocycles. The molecule has 0 bridgehead atoms. The largest absolute Gasteiger partial charge is 0.345 e. The molecule has 0 amide bonds.